The second kappa shape index (κ2) is 9.86. The van der Waals surface area contributed by atoms with Crippen LogP contribution in [0.3, 0.4) is 0 Å². The van der Waals surface area contributed by atoms with E-state index in [-0.39, 0.29) is 23.0 Å². The molecule has 1 unspecified atom stereocenters. The summed E-state index contributed by atoms with van der Waals surface area (Å²) >= 11 is 5.87. The van der Waals surface area contributed by atoms with Crippen molar-refractivity contribution in [3.05, 3.63) is 65.9 Å². The van der Waals surface area contributed by atoms with Gasteiger partial charge in [0, 0.05) is 12.7 Å². The molecule has 2 N–H and O–H groups in total. The predicted octanol–water partition coefficient (Wildman–Crippen LogP) is 3.13. The van der Waals surface area contributed by atoms with Crippen molar-refractivity contribution in [2.24, 2.45) is 0 Å². The van der Waals surface area contributed by atoms with E-state index >= 15 is 0 Å². The Kier molecular flexibility index (Phi) is 7.21. The average Bonchev–Trinajstić information content (AvgIpc) is 2.74. The summed E-state index contributed by atoms with van der Waals surface area (Å²) in [4.78, 5) is 28.1. The first-order valence-electron chi connectivity index (χ1n) is 9.35. The summed E-state index contributed by atoms with van der Waals surface area (Å²) in [5, 5.41) is 4.33. The summed E-state index contributed by atoms with van der Waals surface area (Å²) in [6.07, 6.45) is 0.138. The van der Waals surface area contributed by atoms with Gasteiger partial charge in [-0.3, -0.25) is 9.59 Å². The molecule has 0 saturated heterocycles. The van der Waals surface area contributed by atoms with E-state index in [0.29, 0.717) is 5.69 Å². The minimum absolute atomic E-state index is 0.0978. The molecule has 0 fully saturated rings. The van der Waals surface area contributed by atoms with Gasteiger partial charge in [-0.1, -0.05) is 41.9 Å². The number of esters is 1. The van der Waals surface area contributed by atoms with Crippen LogP contribution in [0.1, 0.15) is 13.3 Å². The fraction of sp³-hybridized carbons (Fsp3) is 0.190. The maximum atomic E-state index is 12.5. The number of nitrogens with one attached hydrogen (secondary N) is 2. The zero-order chi connectivity index (χ0) is 22.4. The summed E-state index contributed by atoms with van der Waals surface area (Å²) in [6.45, 7) is 1.23. The molecule has 0 spiro atoms. The molecule has 0 aliphatic carbocycles. The maximum Gasteiger partial charge on any atom is 0.307 e. The molecule has 10 heteroatoms. The van der Waals surface area contributed by atoms with Crippen LogP contribution in [-0.4, -0.2) is 37.9 Å². The number of aromatic nitrogens is 1. The molecule has 1 atom stereocenters. The fourth-order valence-corrected chi connectivity index (χ4v) is 3.96. The molecular formula is C21H20ClN3O5S. The van der Waals surface area contributed by atoms with Gasteiger partial charge in [-0.05, 0) is 42.0 Å². The van der Waals surface area contributed by atoms with Crippen LogP contribution in [0.25, 0.3) is 10.8 Å². The number of pyridine rings is 1. The Balaban J connectivity index is 1.50. The molecule has 1 heterocycles. The van der Waals surface area contributed by atoms with Crippen molar-refractivity contribution in [3.8, 4) is 0 Å². The third-order valence-corrected chi connectivity index (χ3v) is 6.11. The lowest BCUT2D eigenvalue weighted by Gasteiger charge is -2.14. The number of halogens is 1. The van der Waals surface area contributed by atoms with E-state index in [1.54, 1.807) is 24.3 Å². The third-order valence-electron chi connectivity index (χ3n) is 4.35. The Bertz CT molecular complexity index is 1220. The lowest BCUT2D eigenvalue weighted by molar-refractivity contribution is -0.152. The molecule has 0 radical (unpaired) electrons. The van der Waals surface area contributed by atoms with Gasteiger partial charge in [0.15, 0.2) is 11.3 Å². The summed E-state index contributed by atoms with van der Waals surface area (Å²) in [5.41, 5.74) is 0.292. The highest BCUT2D eigenvalue weighted by Crippen LogP contribution is 2.19. The van der Waals surface area contributed by atoms with Gasteiger partial charge < -0.3 is 10.1 Å². The first-order valence-corrected chi connectivity index (χ1v) is 11.2. The Morgan fingerprint density at radius 1 is 1.10 bits per heavy atom. The van der Waals surface area contributed by atoms with Gasteiger partial charge in [0.05, 0.1) is 17.0 Å². The Morgan fingerprint density at radius 2 is 1.84 bits per heavy atom. The number of benzene rings is 2. The standard InChI is InChI=1S/C21H20ClN3O5S/c1-14(21(27)25-18-7-4-11-23-20(18)22)30-19(26)10-12-24-31(28,29)17-9-8-15-5-2-3-6-16(15)13-17/h2-9,11,13-14,24H,10,12H2,1H3,(H,25,27). The Hall–Kier alpha value is -3.01. The first kappa shape index (κ1) is 22.7. The number of carbonyl (C=O) groups is 2. The molecule has 0 saturated carbocycles. The molecule has 162 valence electrons. The zero-order valence-corrected chi connectivity index (χ0v) is 18.1. The van der Waals surface area contributed by atoms with Gasteiger partial charge in [-0.25, -0.2) is 18.1 Å². The lowest BCUT2D eigenvalue weighted by Crippen LogP contribution is -2.32. The predicted molar refractivity (Wildman–Crippen MR) is 117 cm³/mol. The quantitative estimate of drug-likeness (QED) is 0.393. The zero-order valence-electron chi connectivity index (χ0n) is 16.5. The number of hydrogen-bond acceptors (Lipinski definition) is 6. The number of amides is 1. The third kappa shape index (κ3) is 6.00. The summed E-state index contributed by atoms with van der Waals surface area (Å²) < 4.78 is 32.4. The van der Waals surface area contributed by atoms with Gasteiger partial charge >= 0.3 is 5.97 Å². The molecule has 3 aromatic rings. The molecular weight excluding hydrogens is 442 g/mol. The number of anilines is 1. The summed E-state index contributed by atoms with van der Waals surface area (Å²) in [5.74, 6) is -1.30. The van der Waals surface area contributed by atoms with E-state index in [9.17, 15) is 18.0 Å². The van der Waals surface area contributed by atoms with Crippen LogP contribution in [0.2, 0.25) is 5.15 Å². The molecule has 3 rings (SSSR count). The largest absolute Gasteiger partial charge is 0.452 e. The van der Waals surface area contributed by atoms with E-state index in [0.717, 1.165) is 10.8 Å². The monoisotopic (exact) mass is 461 g/mol. The number of carbonyl (C=O) groups excluding carboxylic acids is 2. The molecule has 8 nitrogen and oxygen atoms in total. The van der Waals surface area contributed by atoms with Crippen molar-refractivity contribution in [1.82, 2.24) is 9.71 Å². The summed E-state index contributed by atoms with van der Waals surface area (Å²) in [7, 11) is -3.80. The van der Waals surface area contributed by atoms with Crippen LogP contribution in [0.4, 0.5) is 5.69 Å². The molecule has 0 aliphatic rings. The summed E-state index contributed by atoms with van der Waals surface area (Å²) in [6, 6.07) is 15.3. The van der Waals surface area contributed by atoms with Crippen LogP contribution in [-0.2, 0) is 24.3 Å². The Labute approximate surface area is 184 Å². The number of ether oxygens (including phenoxy) is 1. The van der Waals surface area contributed by atoms with Crippen LogP contribution < -0.4 is 10.0 Å². The first-order chi connectivity index (χ1) is 14.8. The van der Waals surface area contributed by atoms with Crippen molar-refractivity contribution in [3.63, 3.8) is 0 Å². The molecule has 1 aromatic heterocycles. The van der Waals surface area contributed by atoms with E-state index in [2.05, 4.69) is 15.0 Å². The van der Waals surface area contributed by atoms with Crippen molar-refractivity contribution < 1.29 is 22.7 Å². The minimum atomic E-state index is -3.80. The van der Waals surface area contributed by atoms with E-state index < -0.39 is 28.0 Å². The Morgan fingerprint density at radius 3 is 2.58 bits per heavy atom. The van der Waals surface area contributed by atoms with E-state index in [1.807, 2.05) is 24.3 Å². The lowest BCUT2D eigenvalue weighted by atomic mass is 10.1. The second-order valence-electron chi connectivity index (χ2n) is 6.62. The number of rotatable bonds is 8. The van der Waals surface area contributed by atoms with Gasteiger partial charge in [0.2, 0.25) is 10.0 Å². The number of fused-ring (bicyclic) bond motifs is 1. The van der Waals surface area contributed by atoms with Crippen molar-refractivity contribution in [1.29, 1.82) is 0 Å². The number of hydrogen-bond donors (Lipinski definition) is 2. The number of nitrogens with zero attached hydrogens (tertiary/aromatic N) is 1. The highest BCUT2D eigenvalue weighted by molar-refractivity contribution is 7.89. The van der Waals surface area contributed by atoms with Crippen LogP contribution in [0.15, 0.2) is 65.7 Å². The van der Waals surface area contributed by atoms with Gasteiger partial charge in [0.1, 0.15) is 0 Å². The van der Waals surface area contributed by atoms with Crippen LogP contribution in [0.5, 0.6) is 0 Å². The van der Waals surface area contributed by atoms with Crippen molar-refractivity contribution >= 4 is 50.0 Å². The SMILES string of the molecule is CC(OC(=O)CCNS(=O)(=O)c1ccc2ccccc2c1)C(=O)Nc1cccnc1Cl. The van der Waals surface area contributed by atoms with Crippen LogP contribution in [0, 0.1) is 0 Å². The number of sulfonamides is 1. The highest BCUT2D eigenvalue weighted by Gasteiger charge is 2.20. The van der Waals surface area contributed by atoms with Gasteiger partial charge in [0.25, 0.3) is 5.91 Å². The fourth-order valence-electron chi connectivity index (χ4n) is 2.73. The molecule has 0 bridgehead atoms. The van der Waals surface area contributed by atoms with E-state index in [4.69, 9.17) is 16.3 Å². The minimum Gasteiger partial charge on any atom is -0.452 e. The second-order valence-corrected chi connectivity index (χ2v) is 8.74. The highest BCUT2D eigenvalue weighted by atomic mass is 35.5. The average molecular weight is 462 g/mol. The normalized spacial score (nSPS) is 12.3. The van der Waals surface area contributed by atoms with Crippen molar-refractivity contribution in [2.45, 2.75) is 24.3 Å². The smallest absolute Gasteiger partial charge is 0.307 e. The van der Waals surface area contributed by atoms with Crippen LogP contribution >= 0.6 is 11.6 Å². The molecule has 0 aliphatic heterocycles. The van der Waals surface area contributed by atoms with E-state index in [1.165, 1.54) is 19.2 Å². The topological polar surface area (TPSA) is 114 Å². The van der Waals surface area contributed by atoms with Gasteiger partial charge in [-0.15, -0.1) is 0 Å². The maximum absolute atomic E-state index is 12.5. The molecule has 31 heavy (non-hydrogen) atoms. The van der Waals surface area contributed by atoms with Gasteiger partial charge in [-0.2, -0.15) is 0 Å². The molecule has 2 aromatic carbocycles. The molecule has 1 amide bonds. The van der Waals surface area contributed by atoms with Crippen molar-refractivity contribution in [2.75, 3.05) is 11.9 Å².